The Balaban J connectivity index is 1.98. The fourth-order valence-corrected chi connectivity index (χ4v) is 2.71. The van der Waals surface area contributed by atoms with Crippen molar-refractivity contribution in [3.05, 3.63) is 48.2 Å². The van der Waals surface area contributed by atoms with Crippen LogP contribution in [0.5, 0.6) is 17.2 Å². The van der Waals surface area contributed by atoms with Crippen LogP contribution in [0.15, 0.2) is 47.4 Å². The van der Waals surface area contributed by atoms with Gasteiger partial charge in [0, 0.05) is 16.3 Å². The Morgan fingerprint density at radius 1 is 1.13 bits per heavy atom. The number of carboxylic acids is 1. The number of aromatic amines is 1. The monoisotopic (exact) mass is 329 g/mol. The summed E-state index contributed by atoms with van der Waals surface area (Å²) in [6.45, 7) is 0. The van der Waals surface area contributed by atoms with Crippen LogP contribution in [0.4, 0.5) is 0 Å². The zero-order chi connectivity index (χ0) is 16.4. The Morgan fingerprint density at radius 2 is 1.87 bits per heavy atom. The van der Waals surface area contributed by atoms with Crippen molar-refractivity contribution in [1.82, 2.24) is 4.98 Å². The Labute approximate surface area is 137 Å². The molecular weight excluding hydrogens is 314 g/mol. The third kappa shape index (κ3) is 3.12. The average molecular weight is 329 g/mol. The summed E-state index contributed by atoms with van der Waals surface area (Å²) in [7, 11) is 1.53. The molecule has 3 aromatic rings. The molecule has 23 heavy (non-hydrogen) atoms. The number of carboxylic acid groups (broad SMARTS) is 1. The molecule has 1 heterocycles. The fourth-order valence-electron chi connectivity index (χ4n) is 2.30. The van der Waals surface area contributed by atoms with E-state index in [-0.39, 0.29) is 5.69 Å². The maximum absolute atomic E-state index is 11.1. The molecule has 118 valence electrons. The van der Waals surface area contributed by atoms with E-state index in [1.807, 2.05) is 30.5 Å². The van der Waals surface area contributed by atoms with Crippen LogP contribution in [-0.4, -0.2) is 29.4 Å². The van der Waals surface area contributed by atoms with E-state index in [0.717, 1.165) is 10.3 Å². The molecule has 0 fully saturated rings. The number of hydrogen-bond acceptors (Lipinski definition) is 4. The minimum absolute atomic E-state index is 0.111. The van der Waals surface area contributed by atoms with Gasteiger partial charge in [0.1, 0.15) is 22.9 Å². The highest BCUT2D eigenvalue weighted by Gasteiger charge is 2.13. The summed E-state index contributed by atoms with van der Waals surface area (Å²) in [6, 6.07) is 12.8. The van der Waals surface area contributed by atoms with Crippen LogP contribution in [-0.2, 0) is 0 Å². The molecule has 3 rings (SSSR count). The SMILES string of the molecule is COc1cc(Oc2ccc(SC)cc2)cc2cc(C(=O)O)[nH]c12. The van der Waals surface area contributed by atoms with Crippen LogP contribution in [0.3, 0.4) is 0 Å². The van der Waals surface area contributed by atoms with E-state index in [1.165, 1.54) is 7.11 Å². The van der Waals surface area contributed by atoms with Crippen molar-refractivity contribution in [3.8, 4) is 17.2 Å². The molecule has 0 spiro atoms. The summed E-state index contributed by atoms with van der Waals surface area (Å²) >= 11 is 1.66. The van der Waals surface area contributed by atoms with Gasteiger partial charge < -0.3 is 19.6 Å². The number of benzene rings is 2. The van der Waals surface area contributed by atoms with E-state index in [2.05, 4.69) is 4.98 Å². The molecule has 2 N–H and O–H groups in total. The predicted octanol–water partition coefficient (Wildman–Crippen LogP) is 4.39. The van der Waals surface area contributed by atoms with Gasteiger partial charge in [-0.1, -0.05) is 0 Å². The lowest BCUT2D eigenvalue weighted by Gasteiger charge is -2.09. The topological polar surface area (TPSA) is 71.6 Å². The van der Waals surface area contributed by atoms with Gasteiger partial charge in [-0.25, -0.2) is 4.79 Å². The standard InChI is InChI=1S/C17H15NO4S/c1-21-15-9-12(22-11-3-5-13(23-2)6-4-11)7-10-8-14(17(19)20)18-16(10)15/h3-9,18H,1-2H3,(H,19,20). The van der Waals surface area contributed by atoms with Gasteiger partial charge in [-0.3, -0.25) is 0 Å². The molecule has 5 nitrogen and oxygen atoms in total. The third-order valence-corrected chi connectivity index (χ3v) is 4.15. The summed E-state index contributed by atoms with van der Waals surface area (Å²) in [5.41, 5.74) is 0.745. The first-order chi connectivity index (χ1) is 11.1. The Hall–Kier alpha value is -2.60. The number of methoxy groups -OCH3 is 1. The van der Waals surface area contributed by atoms with Crippen molar-refractivity contribution in [2.24, 2.45) is 0 Å². The zero-order valence-electron chi connectivity index (χ0n) is 12.6. The Morgan fingerprint density at radius 3 is 2.48 bits per heavy atom. The number of aromatic carboxylic acids is 1. The van der Waals surface area contributed by atoms with Gasteiger partial charge in [-0.05, 0) is 42.7 Å². The van der Waals surface area contributed by atoms with Crippen molar-refractivity contribution in [3.63, 3.8) is 0 Å². The molecule has 0 atom stereocenters. The van der Waals surface area contributed by atoms with E-state index >= 15 is 0 Å². The smallest absolute Gasteiger partial charge is 0.352 e. The second-order valence-corrected chi connectivity index (χ2v) is 5.74. The molecule has 2 aromatic carbocycles. The van der Waals surface area contributed by atoms with Crippen molar-refractivity contribution < 1.29 is 19.4 Å². The molecule has 0 saturated heterocycles. The minimum Gasteiger partial charge on any atom is -0.494 e. The lowest BCUT2D eigenvalue weighted by Crippen LogP contribution is -1.95. The summed E-state index contributed by atoms with van der Waals surface area (Å²) in [5.74, 6) is 0.810. The molecule has 6 heteroatoms. The molecule has 0 bridgehead atoms. The number of nitrogens with one attached hydrogen (secondary N) is 1. The normalized spacial score (nSPS) is 10.7. The zero-order valence-corrected chi connectivity index (χ0v) is 13.4. The van der Waals surface area contributed by atoms with Crippen LogP contribution in [0.2, 0.25) is 0 Å². The number of carbonyl (C=O) groups is 1. The number of hydrogen-bond donors (Lipinski definition) is 2. The predicted molar refractivity (Wildman–Crippen MR) is 90.1 cm³/mol. The summed E-state index contributed by atoms with van der Waals surface area (Å²) in [6.07, 6.45) is 2.01. The second-order valence-electron chi connectivity index (χ2n) is 4.86. The molecule has 0 saturated carbocycles. The fraction of sp³-hybridized carbons (Fsp3) is 0.118. The highest BCUT2D eigenvalue weighted by molar-refractivity contribution is 7.98. The number of aromatic nitrogens is 1. The van der Waals surface area contributed by atoms with Gasteiger partial charge >= 0.3 is 5.97 Å². The van der Waals surface area contributed by atoms with Crippen LogP contribution < -0.4 is 9.47 Å². The van der Waals surface area contributed by atoms with Crippen molar-refractivity contribution in [2.45, 2.75) is 4.90 Å². The van der Waals surface area contributed by atoms with E-state index in [4.69, 9.17) is 14.6 Å². The molecule has 0 aliphatic rings. The average Bonchev–Trinajstić information content (AvgIpc) is 2.99. The van der Waals surface area contributed by atoms with Crippen molar-refractivity contribution in [2.75, 3.05) is 13.4 Å². The Bertz CT molecular complexity index is 855. The summed E-state index contributed by atoms with van der Waals surface area (Å²) in [4.78, 5) is 15.1. The van der Waals surface area contributed by atoms with Gasteiger partial charge in [0.25, 0.3) is 0 Å². The van der Waals surface area contributed by atoms with Crippen LogP contribution in [0.1, 0.15) is 10.5 Å². The molecule has 0 unspecified atom stereocenters. The first kappa shape index (κ1) is 15.3. The highest BCUT2D eigenvalue weighted by Crippen LogP contribution is 2.34. The van der Waals surface area contributed by atoms with Crippen LogP contribution in [0.25, 0.3) is 10.9 Å². The van der Waals surface area contributed by atoms with E-state index in [0.29, 0.717) is 22.8 Å². The number of thioether (sulfide) groups is 1. The number of ether oxygens (including phenoxy) is 2. The summed E-state index contributed by atoms with van der Waals surface area (Å²) < 4.78 is 11.2. The van der Waals surface area contributed by atoms with Gasteiger partial charge in [-0.15, -0.1) is 11.8 Å². The van der Waals surface area contributed by atoms with Crippen molar-refractivity contribution in [1.29, 1.82) is 0 Å². The van der Waals surface area contributed by atoms with E-state index in [9.17, 15) is 4.79 Å². The quantitative estimate of drug-likeness (QED) is 0.679. The molecule has 0 radical (unpaired) electrons. The first-order valence-corrected chi connectivity index (χ1v) is 8.09. The lowest BCUT2D eigenvalue weighted by molar-refractivity contribution is 0.0691. The second kappa shape index (κ2) is 6.26. The lowest BCUT2D eigenvalue weighted by atomic mass is 10.2. The number of rotatable bonds is 5. The maximum atomic E-state index is 11.1. The number of H-pyrrole nitrogens is 1. The van der Waals surface area contributed by atoms with Gasteiger partial charge in [-0.2, -0.15) is 0 Å². The molecule has 0 aliphatic heterocycles. The van der Waals surface area contributed by atoms with Gasteiger partial charge in [0.15, 0.2) is 0 Å². The largest absolute Gasteiger partial charge is 0.494 e. The molecular formula is C17H15NO4S. The number of fused-ring (bicyclic) bond motifs is 1. The Kier molecular flexibility index (Phi) is 4.16. The van der Waals surface area contributed by atoms with Crippen LogP contribution in [0, 0.1) is 0 Å². The molecule has 0 aliphatic carbocycles. The first-order valence-electron chi connectivity index (χ1n) is 6.86. The molecule has 1 aromatic heterocycles. The third-order valence-electron chi connectivity index (χ3n) is 3.41. The molecule has 0 amide bonds. The van der Waals surface area contributed by atoms with E-state index < -0.39 is 5.97 Å². The highest BCUT2D eigenvalue weighted by atomic mass is 32.2. The van der Waals surface area contributed by atoms with E-state index in [1.54, 1.807) is 30.0 Å². The van der Waals surface area contributed by atoms with Gasteiger partial charge in [0.05, 0.1) is 12.6 Å². The van der Waals surface area contributed by atoms with Gasteiger partial charge in [0.2, 0.25) is 0 Å². The maximum Gasteiger partial charge on any atom is 0.352 e. The summed E-state index contributed by atoms with van der Waals surface area (Å²) in [5, 5.41) is 9.82. The van der Waals surface area contributed by atoms with Crippen molar-refractivity contribution >= 4 is 28.6 Å². The van der Waals surface area contributed by atoms with Crippen LogP contribution >= 0.6 is 11.8 Å². The minimum atomic E-state index is -1.02.